The number of benzene rings is 3. The van der Waals surface area contributed by atoms with Gasteiger partial charge in [0, 0.05) is 46.6 Å². The van der Waals surface area contributed by atoms with Crippen LogP contribution in [0.2, 0.25) is 0 Å². The lowest BCUT2D eigenvalue weighted by Gasteiger charge is -2.08. The number of amides is 2. The van der Waals surface area contributed by atoms with E-state index in [0.717, 1.165) is 5.56 Å². The van der Waals surface area contributed by atoms with E-state index in [1.807, 2.05) is 12.1 Å². The normalized spacial score (nSPS) is 10.2. The Hall–Kier alpha value is -5.68. The molecule has 3 aromatic carbocycles. The molecule has 0 saturated heterocycles. The molecule has 0 aliphatic heterocycles. The standard InChI is InChI=1S/C32H26N4O4/c1-5-18-40-27-16-12-23(13-17-27)30(37)24-8-7-9-25(19-24)32(39)34-29-20-28(35-36(29)4)22-10-14-26(15-11-22)33-31(38)21(3)6-2/h1,6-17,19-20H,2-3,18H2,4H3,(H,33,38)(H,34,39). The van der Waals surface area contributed by atoms with Crippen LogP contribution in [0.25, 0.3) is 11.3 Å². The first-order chi connectivity index (χ1) is 19.3. The molecule has 40 heavy (non-hydrogen) atoms. The molecule has 4 rings (SSSR count). The van der Waals surface area contributed by atoms with Crippen molar-refractivity contribution in [2.45, 2.75) is 0 Å². The first-order valence-electron chi connectivity index (χ1n) is 12.2. The molecule has 4 aromatic rings. The maximum Gasteiger partial charge on any atom is 0.256 e. The smallest absolute Gasteiger partial charge is 0.256 e. The number of nitrogens with one attached hydrogen (secondary N) is 2. The minimum absolute atomic E-state index is 0.141. The van der Waals surface area contributed by atoms with Gasteiger partial charge in [-0.1, -0.05) is 49.4 Å². The van der Waals surface area contributed by atoms with Gasteiger partial charge in [0.05, 0.1) is 5.69 Å². The molecule has 0 spiro atoms. The van der Waals surface area contributed by atoms with E-state index in [9.17, 15) is 14.4 Å². The van der Waals surface area contributed by atoms with Crippen LogP contribution >= 0.6 is 0 Å². The highest BCUT2D eigenvalue weighted by molar-refractivity contribution is 6.11. The van der Waals surface area contributed by atoms with Gasteiger partial charge < -0.3 is 15.4 Å². The van der Waals surface area contributed by atoms with Crippen molar-refractivity contribution in [2.24, 2.45) is 7.05 Å². The lowest BCUT2D eigenvalue weighted by atomic mass is 10.0. The zero-order valence-corrected chi connectivity index (χ0v) is 21.8. The molecule has 8 nitrogen and oxygen atoms in total. The van der Waals surface area contributed by atoms with Gasteiger partial charge in [-0.2, -0.15) is 5.10 Å². The molecule has 0 bridgehead atoms. The van der Waals surface area contributed by atoms with E-state index in [0.29, 0.717) is 39.6 Å². The number of hydrogen-bond acceptors (Lipinski definition) is 5. The van der Waals surface area contributed by atoms with Crippen LogP contribution in [0.5, 0.6) is 5.75 Å². The molecule has 1 aromatic heterocycles. The summed E-state index contributed by atoms with van der Waals surface area (Å²) in [4.78, 5) is 38.0. The summed E-state index contributed by atoms with van der Waals surface area (Å²) in [7, 11) is 1.71. The van der Waals surface area contributed by atoms with Crippen molar-refractivity contribution in [1.82, 2.24) is 9.78 Å². The van der Waals surface area contributed by atoms with Crippen LogP contribution in [0.3, 0.4) is 0 Å². The van der Waals surface area contributed by atoms with E-state index in [1.165, 1.54) is 6.08 Å². The molecule has 0 saturated carbocycles. The Morgan fingerprint density at radius 1 is 0.975 bits per heavy atom. The zero-order valence-electron chi connectivity index (χ0n) is 21.8. The number of ether oxygens (including phenoxy) is 1. The van der Waals surface area contributed by atoms with Gasteiger partial charge in [-0.25, -0.2) is 0 Å². The van der Waals surface area contributed by atoms with Gasteiger partial charge in [-0.15, -0.1) is 6.42 Å². The Morgan fingerprint density at radius 2 is 1.68 bits per heavy atom. The molecule has 0 atom stereocenters. The number of carbonyl (C=O) groups is 3. The van der Waals surface area contributed by atoms with Gasteiger partial charge in [0.25, 0.3) is 11.8 Å². The number of carbonyl (C=O) groups excluding carboxylic acids is 3. The number of hydrogen-bond donors (Lipinski definition) is 2. The number of aryl methyl sites for hydroxylation is 1. The topological polar surface area (TPSA) is 102 Å². The number of ketones is 1. The van der Waals surface area contributed by atoms with Gasteiger partial charge in [-0.3, -0.25) is 19.1 Å². The second-order valence-corrected chi connectivity index (χ2v) is 8.68. The van der Waals surface area contributed by atoms with Crippen LogP contribution in [0.1, 0.15) is 26.3 Å². The third-order valence-corrected chi connectivity index (χ3v) is 5.92. The quantitative estimate of drug-likeness (QED) is 0.126. The second kappa shape index (κ2) is 12.2. The number of aromatic nitrogens is 2. The summed E-state index contributed by atoms with van der Waals surface area (Å²) in [6, 6.07) is 22.0. The fraction of sp³-hybridized carbons (Fsp3) is 0.0625. The minimum atomic E-state index is -0.386. The fourth-order valence-corrected chi connectivity index (χ4v) is 3.74. The third kappa shape index (κ3) is 6.41. The molecule has 2 amide bonds. The van der Waals surface area contributed by atoms with E-state index in [2.05, 4.69) is 34.8 Å². The Bertz CT molecular complexity index is 1640. The van der Waals surface area contributed by atoms with Gasteiger partial charge in [0.2, 0.25) is 0 Å². The van der Waals surface area contributed by atoms with Crippen molar-refractivity contribution in [3.05, 3.63) is 120 Å². The number of rotatable bonds is 10. The number of nitrogens with zero attached hydrogens (tertiary/aromatic N) is 2. The Labute approximate surface area is 232 Å². The second-order valence-electron chi connectivity index (χ2n) is 8.68. The van der Waals surface area contributed by atoms with Crippen molar-refractivity contribution < 1.29 is 19.1 Å². The minimum Gasteiger partial charge on any atom is -0.481 e. The molecular weight excluding hydrogens is 504 g/mol. The van der Waals surface area contributed by atoms with E-state index in [4.69, 9.17) is 11.2 Å². The molecular formula is C32H26N4O4. The Morgan fingerprint density at radius 3 is 2.35 bits per heavy atom. The van der Waals surface area contributed by atoms with Gasteiger partial charge in [-0.05, 0) is 48.5 Å². The van der Waals surface area contributed by atoms with Gasteiger partial charge >= 0.3 is 0 Å². The fourth-order valence-electron chi connectivity index (χ4n) is 3.74. The van der Waals surface area contributed by atoms with Gasteiger partial charge in [0.1, 0.15) is 18.2 Å². The molecule has 0 unspecified atom stereocenters. The van der Waals surface area contributed by atoms with Crippen molar-refractivity contribution in [3.8, 4) is 29.4 Å². The Balaban J connectivity index is 1.45. The Kier molecular flexibility index (Phi) is 8.37. The first kappa shape index (κ1) is 27.4. The molecule has 1 heterocycles. The van der Waals surface area contributed by atoms with Crippen LogP contribution in [0.15, 0.2) is 104 Å². The van der Waals surface area contributed by atoms with Crippen LogP contribution in [0, 0.1) is 12.3 Å². The third-order valence-electron chi connectivity index (χ3n) is 5.92. The van der Waals surface area contributed by atoms with E-state index in [1.54, 1.807) is 78.5 Å². The van der Waals surface area contributed by atoms with Crippen LogP contribution in [-0.4, -0.2) is 34.0 Å². The molecule has 0 aliphatic rings. The molecule has 2 N–H and O–H groups in total. The monoisotopic (exact) mass is 530 g/mol. The molecule has 0 aliphatic carbocycles. The highest BCUT2D eigenvalue weighted by Gasteiger charge is 2.15. The van der Waals surface area contributed by atoms with E-state index >= 15 is 0 Å². The average molecular weight is 531 g/mol. The average Bonchev–Trinajstić information content (AvgIpc) is 3.35. The lowest BCUT2D eigenvalue weighted by Crippen LogP contribution is -2.15. The van der Waals surface area contributed by atoms with Crippen molar-refractivity contribution in [2.75, 3.05) is 17.2 Å². The molecule has 198 valence electrons. The van der Waals surface area contributed by atoms with Crippen molar-refractivity contribution in [3.63, 3.8) is 0 Å². The summed E-state index contributed by atoms with van der Waals surface area (Å²) in [6.07, 6.45) is 6.59. The zero-order chi connectivity index (χ0) is 28.6. The van der Waals surface area contributed by atoms with Gasteiger partial charge in [0.15, 0.2) is 5.78 Å². The maximum absolute atomic E-state index is 13.0. The summed E-state index contributed by atoms with van der Waals surface area (Å²) in [5.74, 6) is 2.48. The van der Waals surface area contributed by atoms with E-state index < -0.39 is 0 Å². The molecule has 0 radical (unpaired) electrons. The summed E-state index contributed by atoms with van der Waals surface area (Å²) in [5.41, 5.74) is 3.44. The van der Waals surface area contributed by atoms with Crippen molar-refractivity contribution in [1.29, 1.82) is 0 Å². The maximum atomic E-state index is 13.0. The van der Waals surface area contributed by atoms with Crippen LogP contribution < -0.4 is 15.4 Å². The highest BCUT2D eigenvalue weighted by Crippen LogP contribution is 2.24. The molecule has 0 fully saturated rings. The van der Waals surface area contributed by atoms with E-state index in [-0.39, 0.29) is 29.8 Å². The predicted octanol–water partition coefficient (Wildman–Crippen LogP) is 5.26. The highest BCUT2D eigenvalue weighted by atomic mass is 16.5. The summed E-state index contributed by atoms with van der Waals surface area (Å²) >= 11 is 0. The summed E-state index contributed by atoms with van der Waals surface area (Å²) in [6.45, 7) is 7.31. The lowest BCUT2D eigenvalue weighted by molar-refractivity contribution is -0.112. The largest absolute Gasteiger partial charge is 0.481 e. The van der Waals surface area contributed by atoms with Crippen molar-refractivity contribution >= 4 is 29.1 Å². The summed E-state index contributed by atoms with van der Waals surface area (Å²) in [5, 5.41) is 10.1. The SMILES string of the molecule is C#CCOc1ccc(C(=O)c2cccc(C(=O)Nc3cc(-c4ccc(NC(=O)C(=C)C=C)cc4)nn3C)c2)cc1. The first-order valence-corrected chi connectivity index (χ1v) is 12.2. The predicted molar refractivity (Wildman–Crippen MR) is 155 cm³/mol. The molecule has 8 heteroatoms. The number of anilines is 2. The summed E-state index contributed by atoms with van der Waals surface area (Å²) < 4.78 is 6.90. The number of terminal acetylenes is 1. The van der Waals surface area contributed by atoms with Crippen LogP contribution in [0.4, 0.5) is 11.5 Å². The van der Waals surface area contributed by atoms with Crippen LogP contribution in [-0.2, 0) is 11.8 Å².